The molecule has 3 N–H and O–H groups in total. The SMILES string of the molecule is CC(C)(C)OC(=O)N1CCN(C(N)=NCc2cccc(-c3ncn[nH]3)c2)CC1.I. The summed E-state index contributed by atoms with van der Waals surface area (Å²) in [6.45, 7) is 8.45. The number of nitrogens with zero attached hydrogens (tertiary/aromatic N) is 5. The van der Waals surface area contributed by atoms with E-state index >= 15 is 0 Å². The van der Waals surface area contributed by atoms with Gasteiger partial charge >= 0.3 is 6.09 Å². The number of hydrogen-bond donors (Lipinski definition) is 2. The molecule has 0 unspecified atom stereocenters. The van der Waals surface area contributed by atoms with Crippen molar-refractivity contribution in [2.45, 2.75) is 32.9 Å². The number of piperazine rings is 1. The summed E-state index contributed by atoms with van der Waals surface area (Å²) in [5, 5.41) is 6.73. The summed E-state index contributed by atoms with van der Waals surface area (Å²) in [4.78, 5) is 24.5. The molecule has 0 bridgehead atoms. The molecule has 0 radical (unpaired) electrons. The molecule has 10 heteroatoms. The van der Waals surface area contributed by atoms with Crippen LogP contribution >= 0.6 is 24.0 Å². The molecule has 1 aliphatic rings. The van der Waals surface area contributed by atoms with Gasteiger partial charge in [-0.15, -0.1) is 24.0 Å². The van der Waals surface area contributed by atoms with E-state index in [0.29, 0.717) is 38.7 Å². The first-order valence-corrected chi connectivity index (χ1v) is 9.29. The molecule has 3 rings (SSSR count). The van der Waals surface area contributed by atoms with Gasteiger partial charge in [-0.05, 0) is 32.4 Å². The number of rotatable bonds is 3. The molecule has 0 spiro atoms. The van der Waals surface area contributed by atoms with Crippen LogP contribution in [0.4, 0.5) is 4.79 Å². The molecule has 1 fully saturated rings. The summed E-state index contributed by atoms with van der Waals surface area (Å²) in [5.41, 5.74) is 7.66. The van der Waals surface area contributed by atoms with Crippen LogP contribution in [0.2, 0.25) is 0 Å². The minimum Gasteiger partial charge on any atom is -0.444 e. The number of benzene rings is 1. The minimum atomic E-state index is -0.491. The Kier molecular flexibility index (Phi) is 7.82. The molecule has 158 valence electrons. The Morgan fingerprint density at radius 3 is 2.55 bits per heavy atom. The molecule has 2 heterocycles. The highest BCUT2D eigenvalue weighted by atomic mass is 127. The van der Waals surface area contributed by atoms with E-state index in [-0.39, 0.29) is 30.1 Å². The third-order valence-corrected chi connectivity index (χ3v) is 4.29. The van der Waals surface area contributed by atoms with Gasteiger partial charge < -0.3 is 20.3 Å². The van der Waals surface area contributed by atoms with Gasteiger partial charge in [0.05, 0.1) is 6.54 Å². The Balaban J connectivity index is 0.00000300. The van der Waals surface area contributed by atoms with Crippen molar-refractivity contribution in [2.24, 2.45) is 10.7 Å². The van der Waals surface area contributed by atoms with Crippen LogP contribution in [0.1, 0.15) is 26.3 Å². The minimum absolute atomic E-state index is 0. The number of aromatic nitrogens is 3. The summed E-state index contributed by atoms with van der Waals surface area (Å²) < 4.78 is 5.41. The standard InChI is InChI=1S/C19H27N7O2.HI/c1-19(2,3)28-18(27)26-9-7-25(8-10-26)17(20)21-12-14-5-4-6-15(11-14)16-22-13-23-24-16;/h4-6,11,13H,7-10,12H2,1-3H3,(H2,20,21)(H,22,23,24);1H. The third kappa shape index (κ3) is 6.58. The molecular formula is C19H28IN7O2. The predicted octanol–water partition coefficient (Wildman–Crippen LogP) is 2.46. The van der Waals surface area contributed by atoms with Gasteiger partial charge in [0.15, 0.2) is 11.8 Å². The smallest absolute Gasteiger partial charge is 0.410 e. The summed E-state index contributed by atoms with van der Waals surface area (Å²) in [5.74, 6) is 1.20. The number of carbonyl (C=O) groups excluding carboxylic acids is 1. The van der Waals surface area contributed by atoms with Crippen molar-refractivity contribution in [3.63, 3.8) is 0 Å². The van der Waals surface area contributed by atoms with Crippen LogP contribution in [0.25, 0.3) is 11.4 Å². The number of ether oxygens (including phenoxy) is 1. The van der Waals surface area contributed by atoms with Gasteiger partial charge in [-0.25, -0.2) is 14.8 Å². The molecular weight excluding hydrogens is 485 g/mol. The Morgan fingerprint density at radius 2 is 1.93 bits per heavy atom. The van der Waals surface area contributed by atoms with Crippen LogP contribution in [0.3, 0.4) is 0 Å². The molecule has 1 aromatic carbocycles. The Labute approximate surface area is 187 Å². The van der Waals surface area contributed by atoms with Gasteiger partial charge in [-0.3, -0.25) is 5.10 Å². The summed E-state index contributed by atoms with van der Waals surface area (Å²) in [6, 6.07) is 7.93. The zero-order valence-electron chi connectivity index (χ0n) is 17.0. The van der Waals surface area contributed by atoms with Crippen LogP contribution in [0.15, 0.2) is 35.6 Å². The van der Waals surface area contributed by atoms with E-state index in [9.17, 15) is 4.79 Å². The average molecular weight is 513 g/mol. The predicted molar refractivity (Wildman–Crippen MR) is 122 cm³/mol. The largest absolute Gasteiger partial charge is 0.444 e. The summed E-state index contributed by atoms with van der Waals surface area (Å²) in [6.07, 6.45) is 1.20. The van der Waals surface area contributed by atoms with E-state index in [1.54, 1.807) is 4.90 Å². The molecule has 9 nitrogen and oxygen atoms in total. The van der Waals surface area contributed by atoms with Gasteiger partial charge in [0.2, 0.25) is 0 Å². The quantitative estimate of drug-likeness (QED) is 0.371. The third-order valence-electron chi connectivity index (χ3n) is 4.29. The van der Waals surface area contributed by atoms with Crippen LogP contribution in [-0.2, 0) is 11.3 Å². The number of carbonyl (C=O) groups is 1. The van der Waals surface area contributed by atoms with Gasteiger partial charge in [0.25, 0.3) is 0 Å². The topological polar surface area (TPSA) is 113 Å². The van der Waals surface area contributed by atoms with Crippen molar-refractivity contribution < 1.29 is 9.53 Å². The maximum absolute atomic E-state index is 12.1. The Bertz CT molecular complexity index is 825. The van der Waals surface area contributed by atoms with Crippen LogP contribution in [-0.4, -0.2) is 68.8 Å². The maximum atomic E-state index is 12.1. The van der Waals surface area contributed by atoms with E-state index in [2.05, 4.69) is 20.2 Å². The highest BCUT2D eigenvalue weighted by Gasteiger charge is 2.26. The number of guanidine groups is 1. The van der Waals surface area contributed by atoms with Crippen LogP contribution in [0, 0.1) is 0 Å². The molecule has 1 aliphatic heterocycles. The molecule has 1 amide bonds. The number of aromatic amines is 1. The first kappa shape index (κ1) is 22.9. The van der Waals surface area contributed by atoms with E-state index in [1.807, 2.05) is 49.9 Å². The van der Waals surface area contributed by atoms with Gasteiger partial charge in [-0.1, -0.05) is 18.2 Å². The molecule has 1 saturated heterocycles. The monoisotopic (exact) mass is 513 g/mol. The second-order valence-electron chi connectivity index (χ2n) is 7.66. The van der Waals surface area contributed by atoms with Gasteiger partial charge in [0.1, 0.15) is 11.9 Å². The van der Waals surface area contributed by atoms with Crippen LogP contribution < -0.4 is 5.73 Å². The zero-order valence-corrected chi connectivity index (χ0v) is 19.3. The van der Waals surface area contributed by atoms with E-state index in [0.717, 1.165) is 17.0 Å². The van der Waals surface area contributed by atoms with Gasteiger partial charge in [-0.2, -0.15) is 5.10 Å². The molecule has 2 aromatic rings. The summed E-state index contributed by atoms with van der Waals surface area (Å²) >= 11 is 0. The summed E-state index contributed by atoms with van der Waals surface area (Å²) in [7, 11) is 0. The molecule has 0 aliphatic carbocycles. The first-order chi connectivity index (χ1) is 13.3. The second kappa shape index (κ2) is 9.90. The highest BCUT2D eigenvalue weighted by molar-refractivity contribution is 14.0. The highest BCUT2D eigenvalue weighted by Crippen LogP contribution is 2.16. The number of H-pyrrole nitrogens is 1. The van der Waals surface area contributed by atoms with Crippen molar-refractivity contribution >= 4 is 36.0 Å². The van der Waals surface area contributed by atoms with Crippen molar-refractivity contribution in [3.05, 3.63) is 36.2 Å². The fourth-order valence-electron chi connectivity index (χ4n) is 2.88. The molecule has 29 heavy (non-hydrogen) atoms. The molecule has 0 atom stereocenters. The van der Waals surface area contributed by atoms with E-state index in [1.165, 1.54) is 6.33 Å². The lowest BCUT2D eigenvalue weighted by atomic mass is 10.1. The number of amides is 1. The fourth-order valence-corrected chi connectivity index (χ4v) is 2.88. The average Bonchev–Trinajstić information content (AvgIpc) is 3.20. The normalized spacial score (nSPS) is 15.1. The zero-order chi connectivity index (χ0) is 20.1. The molecule has 1 aromatic heterocycles. The Hall–Kier alpha value is -2.37. The lowest BCUT2D eigenvalue weighted by Crippen LogP contribution is -2.53. The van der Waals surface area contributed by atoms with Crippen molar-refractivity contribution in [2.75, 3.05) is 26.2 Å². The molecule has 0 saturated carbocycles. The second-order valence-corrected chi connectivity index (χ2v) is 7.66. The number of nitrogens with two attached hydrogens (primary N) is 1. The lowest BCUT2D eigenvalue weighted by molar-refractivity contribution is 0.0186. The van der Waals surface area contributed by atoms with Crippen molar-refractivity contribution in [1.29, 1.82) is 0 Å². The first-order valence-electron chi connectivity index (χ1n) is 9.29. The van der Waals surface area contributed by atoms with Crippen LogP contribution in [0.5, 0.6) is 0 Å². The number of hydrogen-bond acceptors (Lipinski definition) is 5. The van der Waals surface area contributed by atoms with Crippen molar-refractivity contribution in [1.82, 2.24) is 25.0 Å². The number of aliphatic imine (C=N–C) groups is 1. The van der Waals surface area contributed by atoms with Crippen molar-refractivity contribution in [3.8, 4) is 11.4 Å². The van der Waals surface area contributed by atoms with Gasteiger partial charge in [0, 0.05) is 31.7 Å². The Morgan fingerprint density at radius 1 is 1.24 bits per heavy atom. The maximum Gasteiger partial charge on any atom is 0.410 e. The lowest BCUT2D eigenvalue weighted by Gasteiger charge is -2.36. The van der Waals surface area contributed by atoms with E-state index < -0.39 is 5.60 Å². The fraction of sp³-hybridized carbons (Fsp3) is 0.474. The number of halogens is 1. The number of nitrogens with one attached hydrogen (secondary N) is 1. The van der Waals surface area contributed by atoms with E-state index in [4.69, 9.17) is 10.5 Å².